The van der Waals surface area contributed by atoms with Crippen molar-refractivity contribution in [3.63, 3.8) is 0 Å². The van der Waals surface area contributed by atoms with E-state index < -0.39 is 6.04 Å². The summed E-state index contributed by atoms with van der Waals surface area (Å²) in [6.45, 7) is 4.38. The molecule has 4 rings (SSSR count). The first-order valence-electron chi connectivity index (χ1n) is 8.58. The third kappa shape index (κ3) is 2.39. The van der Waals surface area contributed by atoms with Gasteiger partial charge in [-0.3, -0.25) is 9.59 Å². The second-order valence-corrected chi connectivity index (χ2v) is 6.50. The molecule has 5 nitrogen and oxygen atoms in total. The molecule has 0 saturated heterocycles. The van der Waals surface area contributed by atoms with Crippen molar-refractivity contribution in [3.05, 3.63) is 75.1 Å². The van der Waals surface area contributed by atoms with E-state index in [1.165, 1.54) is 0 Å². The molecule has 1 aliphatic rings. The maximum Gasteiger partial charge on any atom is 0.290 e. The van der Waals surface area contributed by atoms with E-state index >= 15 is 0 Å². The molecule has 0 aliphatic carbocycles. The Balaban J connectivity index is 1.96. The Labute approximate surface area is 150 Å². The van der Waals surface area contributed by atoms with Gasteiger partial charge in [-0.15, -0.1) is 0 Å². The Kier molecular flexibility index (Phi) is 3.80. The van der Waals surface area contributed by atoms with Crippen molar-refractivity contribution >= 4 is 16.9 Å². The molecule has 1 aromatic heterocycles. The van der Waals surface area contributed by atoms with Gasteiger partial charge in [-0.25, -0.2) is 0 Å². The van der Waals surface area contributed by atoms with Crippen molar-refractivity contribution in [2.24, 2.45) is 0 Å². The molecule has 5 heteroatoms. The average molecular weight is 349 g/mol. The summed E-state index contributed by atoms with van der Waals surface area (Å²) in [6, 6.07) is 12.4. The SMILES string of the molecule is CCOc1cccc([C@@H]2c3c(oc4ccc(C)cc4c3=O)C(=O)N2C)c1. The van der Waals surface area contributed by atoms with Crippen LogP contribution in [0, 0.1) is 6.92 Å². The van der Waals surface area contributed by atoms with Crippen molar-refractivity contribution in [1.82, 2.24) is 4.90 Å². The van der Waals surface area contributed by atoms with E-state index in [1.54, 1.807) is 24.1 Å². The van der Waals surface area contributed by atoms with Gasteiger partial charge >= 0.3 is 0 Å². The number of carbonyl (C=O) groups is 1. The average Bonchev–Trinajstić information content (AvgIpc) is 2.88. The Morgan fingerprint density at radius 1 is 1.15 bits per heavy atom. The molecular formula is C21H19NO4. The highest BCUT2D eigenvalue weighted by molar-refractivity contribution is 5.98. The summed E-state index contributed by atoms with van der Waals surface area (Å²) >= 11 is 0. The highest BCUT2D eigenvalue weighted by Crippen LogP contribution is 2.37. The quantitative estimate of drug-likeness (QED) is 0.724. The van der Waals surface area contributed by atoms with Crippen molar-refractivity contribution < 1.29 is 13.9 Å². The fourth-order valence-corrected chi connectivity index (χ4v) is 3.53. The van der Waals surface area contributed by atoms with E-state index in [-0.39, 0.29) is 17.1 Å². The van der Waals surface area contributed by atoms with Gasteiger partial charge in [0.25, 0.3) is 5.91 Å². The zero-order chi connectivity index (χ0) is 18.4. The molecule has 1 atom stereocenters. The third-order valence-electron chi connectivity index (χ3n) is 4.74. The molecule has 0 fully saturated rings. The van der Waals surface area contributed by atoms with Gasteiger partial charge in [0.15, 0.2) is 5.43 Å². The monoisotopic (exact) mass is 349 g/mol. The van der Waals surface area contributed by atoms with Crippen LogP contribution >= 0.6 is 0 Å². The summed E-state index contributed by atoms with van der Waals surface area (Å²) in [5, 5.41) is 0.498. The molecular weight excluding hydrogens is 330 g/mol. The molecule has 132 valence electrons. The fraction of sp³-hybridized carbons (Fsp3) is 0.238. The molecule has 0 unspecified atom stereocenters. The third-order valence-corrected chi connectivity index (χ3v) is 4.74. The van der Waals surface area contributed by atoms with Crippen molar-refractivity contribution in [1.29, 1.82) is 0 Å². The minimum absolute atomic E-state index is 0.126. The number of amides is 1. The molecule has 2 aromatic carbocycles. The van der Waals surface area contributed by atoms with Crippen LogP contribution < -0.4 is 10.2 Å². The molecule has 3 aromatic rings. The van der Waals surface area contributed by atoms with Crippen LogP contribution in [0.5, 0.6) is 5.75 Å². The lowest BCUT2D eigenvalue weighted by atomic mass is 9.98. The van der Waals surface area contributed by atoms with Crippen LogP contribution in [0.1, 0.15) is 40.2 Å². The summed E-state index contributed by atoms with van der Waals surface area (Å²) < 4.78 is 11.4. The summed E-state index contributed by atoms with van der Waals surface area (Å²) in [5.41, 5.74) is 2.46. The molecule has 0 saturated carbocycles. The number of ether oxygens (including phenoxy) is 1. The molecule has 1 amide bonds. The standard InChI is InChI=1S/C21H19NO4/c1-4-25-14-7-5-6-13(11-14)18-17-19(23)15-10-12(2)8-9-16(15)26-20(17)21(24)22(18)3/h5-11,18H,4H2,1-3H3/t18-/m1/s1. The molecule has 1 aliphatic heterocycles. The normalized spacial score (nSPS) is 16.2. The smallest absolute Gasteiger partial charge is 0.290 e. The van der Waals surface area contributed by atoms with Gasteiger partial charge in [0.2, 0.25) is 5.76 Å². The van der Waals surface area contributed by atoms with E-state index in [2.05, 4.69) is 0 Å². The van der Waals surface area contributed by atoms with Gasteiger partial charge in [0, 0.05) is 7.05 Å². The predicted molar refractivity (Wildman–Crippen MR) is 98.8 cm³/mol. The van der Waals surface area contributed by atoms with Crippen LogP contribution in [0.4, 0.5) is 0 Å². The lowest BCUT2D eigenvalue weighted by Gasteiger charge is -2.20. The predicted octanol–water partition coefficient (Wildman–Crippen LogP) is 3.68. The Hall–Kier alpha value is -3.08. The number of carbonyl (C=O) groups excluding carboxylic acids is 1. The summed E-state index contributed by atoms with van der Waals surface area (Å²) in [6.07, 6.45) is 0. The summed E-state index contributed by atoms with van der Waals surface area (Å²) in [5.74, 6) is 0.548. The van der Waals surface area contributed by atoms with Gasteiger partial charge in [-0.2, -0.15) is 0 Å². The van der Waals surface area contributed by atoms with Crippen LogP contribution in [-0.4, -0.2) is 24.5 Å². The van der Waals surface area contributed by atoms with Crippen LogP contribution in [0.25, 0.3) is 11.0 Å². The van der Waals surface area contributed by atoms with Crippen LogP contribution in [0.2, 0.25) is 0 Å². The van der Waals surface area contributed by atoms with E-state index in [0.717, 1.165) is 11.1 Å². The van der Waals surface area contributed by atoms with E-state index in [4.69, 9.17) is 9.15 Å². The lowest BCUT2D eigenvalue weighted by molar-refractivity contribution is 0.0771. The van der Waals surface area contributed by atoms with E-state index in [0.29, 0.717) is 28.9 Å². The van der Waals surface area contributed by atoms with Gasteiger partial charge in [-0.1, -0.05) is 23.8 Å². The zero-order valence-electron chi connectivity index (χ0n) is 14.9. The Morgan fingerprint density at radius 2 is 1.96 bits per heavy atom. The number of aryl methyl sites for hydroxylation is 1. The number of fused-ring (bicyclic) bond motifs is 2. The molecule has 0 radical (unpaired) electrons. The first-order chi connectivity index (χ1) is 12.5. The van der Waals surface area contributed by atoms with Gasteiger partial charge in [0.05, 0.1) is 23.6 Å². The topological polar surface area (TPSA) is 59.8 Å². The largest absolute Gasteiger partial charge is 0.494 e. The van der Waals surface area contributed by atoms with Crippen molar-refractivity contribution in [3.8, 4) is 5.75 Å². The fourth-order valence-electron chi connectivity index (χ4n) is 3.53. The second-order valence-electron chi connectivity index (χ2n) is 6.50. The number of hydrogen-bond donors (Lipinski definition) is 0. The maximum atomic E-state index is 13.2. The van der Waals surface area contributed by atoms with Crippen molar-refractivity contribution in [2.75, 3.05) is 13.7 Å². The zero-order valence-corrected chi connectivity index (χ0v) is 14.9. The Morgan fingerprint density at radius 3 is 2.73 bits per heavy atom. The molecule has 26 heavy (non-hydrogen) atoms. The van der Waals surface area contributed by atoms with Gasteiger partial charge in [-0.05, 0) is 43.7 Å². The second kappa shape index (κ2) is 6.02. The molecule has 2 heterocycles. The minimum atomic E-state index is -0.487. The highest BCUT2D eigenvalue weighted by Gasteiger charge is 2.40. The van der Waals surface area contributed by atoms with Crippen molar-refractivity contribution in [2.45, 2.75) is 19.9 Å². The summed E-state index contributed by atoms with van der Waals surface area (Å²) in [7, 11) is 1.69. The molecule has 0 bridgehead atoms. The van der Waals surface area contributed by atoms with Crippen LogP contribution in [0.3, 0.4) is 0 Å². The number of rotatable bonds is 3. The van der Waals surface area contributed by atoms with Gasteiger partial charge in [0.1, 0.15) is 11.3 Å². The van der Waals surface area contributed by atoms with Gasteiger partial charge < -0.3 is 14.1 Å². The maximum absolute atomic E-state index is 13.2. The van der Waals surface area contributed by atoms with E-state index in [9.17, 15) is 9.59 Å². The minimum Gasteiger partial charge on any atom is -0.494 e. The number of benzene rings is 2. The number of hydrogen-bond acceptors (Lipinski definition) is 4. The summed E-state index contributed by atoms with van der Waals surface area (Å²) in [4.78, 5) is 27.5. The Bertz CT molecular complexity index is 1080. The van der Waals surface area contributed by atoms with Crippen LogP contribution in [0.15, 0.2) is 51.7 Å². The number of nitrogens with zero attached hydrogens (tertiary/aromatic N) is 1. The lowest BCUT2D eigenvalue weighted by Crippen LogP contribution is -2.25. The van der Waals surface area contributed by atoms with Crippen LogP contribution in [-0.2, 0) is 0 Å². The highest BCUT2D eigenvalue weighted by atomic mass is 16.5. The first-order valence-corrected chi connectivity index (χ1v) is 8.58. The first kappa shape index (κ1) is 16.4. The molecule has 0 spiro atoms. The van der Waals surface area contributed by atoms with E-state index in [1.807, 2.05) is 44.2 Å². The molecule has 0 N–H and O–H groups in total.